The molecule has 1 aliphatic rings. The fraction of sp³-hybridized carbons (Fsp3) is 0.846. The van der Waals surface area contributed by atoms with Gasteiger partial charge >= 0.3 is 0 Å². The molecular formula is C13H26ClN3O2. The molecule has 1 saturated heterocycles. The van der Waals surface area contributed by atoms with Crippen LogP contribution in [0.5, 0.6) is 0 Å². The zero-order valence-corrected chi connectivity index (χ0v) is 12.5. The third kappa shape index (κ3) is 6.25. The number of hydrogen-bond donors (Lipinski definition) is 2. The first kappa shape index (κ1) is 18.2. The van der Waals surface area contributed by atoms with Gasteiger partial charge in [0, 0.05) is 38.5 Å². The Morgan fingerprint density at radius 2 is 2.11 bits per heavy atom. The molecule has 0 aromatic heterocycles. The normalized spacial score (nSPS) is 18.0. The number of halogens is 1. The fourth-order valence-corrected chi connectivity index (χ4v) is 2.31. The number of likely N-dealkylation sites (tertiary alicyclic amines) is 1. The van der Waals surface area contributed by atoms with E-state index in [1.165, 1.54) is 0 Å². The van der Waals surface area contributed by atoms with Crippen LogP contribution >= 0.6 is 12.4 Å². The highest BCUT2D eigenvalue weighted by molar-refractivity contribution is 5.85. The maximum atomic E-state index is 11.9. The van der Waals surface area contributed by atoms with Gasteiger partial charge in [-0.3, -0.25) is 9.59 Å². The van der Waals surface area contributed by atoms with Crippen LogP contribution in [0.15, 0.2) is 0 Å². The van der Waals surface area contributed by atoms with E-state index in [4.69, 9.17) is 5.73 Å². The summed E-state index contributed by atoms with van der Waals surface area (Å²) < 4.78 is 0. The number of carbonyl (C=O) groups excluding carboxylic acids is 2. The van der Waals surface area contributed by atoms with Gasteiger partial charge < -0.3 is 16.0 Å². The summed E-state index contributed by atoms with van der Waals surface area (Å²) in [6, 6.07) is 0.214. The van der Waals surface area contributed by atoms with E-state index in [2.05, 4.69) is 5.32 Å². The smallest absolute Gasteiger partial charge is 0.222 e. The minimum Gasteiger partial charge on any atom is -0.356 e. The molecule has 1 rings (SSSR count). The molecule has 112 valence electrons. The van der Waals surface area contributed by atoms with Crippen molar-refractivity contribution >= 4 is 24.2 Å². The number of rotatable bonds is 7. The lowest BCUT2D eigenvalue weighted by molar-refractivity contribution is -0.132. The molecule has 0 aliphatic carbocycles. The third-order valence-electron chi connectivity index (χ3n) is 3.34. The summed E-state index contributed by atoms with van der Waals surface area (Å²) in [7, 11) is 0. The van der Waals surface area contributed by atoms with Crippen LogP contribution in [0.25, 0.3) is 0 Å². The number of hydrogen-bond acceptors (Lipinski definition) is 3. The van der Waals surface area contributed by atoms with E-state index in [1.807, 2.05) is 11.8 Å². The van der Waals surface area contributed by atoms with Gasteiger partial charge in [0.2, 0.25) is 11.8 Å². The second kappa shape index (κ2) is 10.0. The van der Waals surface area contributed by atoms with Crippen LogP contribution < -0.4 is 11.1 Å². The van der Waals surface area contributed by atoms with Crippen molar-refractivity contribution < 1.29 is 9.59 Å². The Labute approximate surface area is 121 Å². The molecule has 2 amide bonds. The van der Waals surface area contributed by atoms with Gasteiger partial charge in [-0.1, -0.05) is 6.92 Å². The van der Waals surface area contributed by atoms with E-state index in [9.17, 15) is 9.59 Å². The van der Waals surface area contributed by atoms with E-state index in [0.29, 0.717) is 32.4 Å². The Bertz CT molecular complexity index is 287. The Kier molecular flexibility index (Phi) is 9.61. The maximum Gasteiger partial charge on any atom is 0.222 e. The molecule has 1 unspecified atom stereocenters. The monoisotopic (exact) mass is 291 g/mol. The van der Waals surface area contributed by atoms with Crippen LogP contribution in [0, 0.1) is 0 Å². The average molecular weight is 292 g/mol. The summed E-state index contributed by atoms with van der Waals surface area (Å²) in [5.74, 6) is 0.188. The maximum absolute atomic E-state index is 11.9. The fourth-order valence-electron chi connectivity index (χ4n) is 2.31. The SMILES string of the molecule is CCCNC(=O)CCCC(=O)N1CCCC1CN.Cl. The zero-order valence-electron chi connectivity index (χ0n) is 11.7. The molecule has 3 N–H and O–H groups in total. The van der Waals surface area contributed by atoms with Crippen molar-refractivity contribution in [2.75, 3.05) is 19.6 Å². The second-order valence-corrected chi connectivity index (χ2v) is 4.82. The summed E-state index contributed by atoms with van der Waals surface area (Å²) in [5.41, 5.74) is 5.64. The highest BCUT2D eigenvalue weighted by atomic mass is 35.5. The largest absolute Gasteiger partial charge is 0.356 e. The van der Waals surface area contributed by atoms with Crippen molar-refractivity contribution in [2.24, 2.45) is 5.73 Å². The van der Waals surface area contributed by atoms with Gasteiger partial charge in [-0.2, -0.15) is 0 Å². The van der Waals surface area contributed by atoms with Crippen LogP contribution in [0.1, 0.15) is 45.4 Å². The van der Waals surface area contributed by atoms with E-state index in [1.54, 1.807) is 0 Å². The second-order valence-electron chi connectivity index (χ2n) is 4.82. The topological polar surface area (TPSA) is 75.4 Å². The van der Waals surface area contributed by atoms with Crippen LogP contribution in [0.4, 0.5) is 0 Å². The molecule has 1 aliphatic heterocycles. The van der Waals surface area contributed by atoms with Gasteiger partial charge in [-0.25, -0.2) is 0 Å². The lowest BCUT2D eigenvalue weighted by atomic mass is 10.2. The summed E-state index contributed by atoms with van der Waals surface area (Å²) in [5, 5.41) is 2.81. The predicted octanol–water partition coefficient (Wildman–Crippen LogP) is 1.05. The summed E-state index contributed by atoms with van der Waals surface area (Å²) in [6.07, 6.45) is 4.52. The van der Waals surface area contributed by atoms with Crippen molar-refractivity contribution in [1.82, 2.24) is 10.2 Å². The van der Waals surface area contributed by atoms with Gasteiger partial charge in [-0.05, 0) is 25.7 Å². The number of nitrogens with two attached hydrogens (primary N) is 1. The van der Waals surface area contributed by atoms with E-state index in [0.717, 1.165) is 25.8 Å². The Morgan fingerprint density at radius 3 is 2.74 bits per heavy atom. The van der Waals surface area contributed by atoms with E-state index in [-0.39, 0.29) is 30.3 Å². The lowest BCUT2D eigenvalue weighted by Crippen LogP contribution is -2.39. The van der Waals surface area contributed by atoms with E-state index < -0.39 is 0 Å². The molecule has 1 heterocycles. The number of amides is 2. The molecule has 0 aromatic rings. The molecule has 0 saturated carbocycles. The highest BCUT2D eigenvalue weighted by Gasteiger charge is 2.26. The minimum absolute atomic E-state index is 0. The van der Waals surface area contributed by atoms with Crippen molar-refractivity contribution in [2.45, 2.75) is 51.5 Å². The van der Waals surface area contributed by atoms with Crippen LogP contribution in [-0.4, -0.2) is 42.4 Å². The molecule has 0 aromatic carbocycles. The van der Waals surface area contributed by atoms with Crippen LogP contribution in [-0.2, 0) is 9.59 Å². The Balaban J connectivity index is 0.00000324. The molecule has 6 heteroatoms. The first-order chi connectivity index (χ1) is 8.69. The quantitative estimate of drug-likeness (QED) is 0.736. The highest BCUT2D eigenvalue weighted by Crippen LogP contribution is 2.17. The minimum atomic E-state index is 0. The summed E-state index contributed by atoms with van der Waals surface area (Å²) in [6.45, 7) is 4.10. The Hall–Kier alpha value is -0.810. The van der Waals surface area contributed by atoms with Crippen molar-refractivity contribution in [3.63, 3.8) is 0 Å². The number of carbonyl (C=O) groups is 2. The third-order valence-corrected chi connectivity index (χ3v) is 3.34. The standard InChI is InChI=1S/C13H25N3O2.ClH/c1-2-8-15-12(17)6-3-7-13(18)16-9-4-5-11(16)10-14;/h11H,2-10,14H2,1H3,(H,15,17);1H. The Morgan fingerprint density at radius 1 is 1.37 bits per heavy atom. The molecule has 0 radical (unpaired) electrons. The zero-order chi connectivity index (χ0) is 13.4. The summed E-state index contributed by atoms with van der Waals surface area (Å²) in [4.78, 5) is 25.2. The predicted molar refractivity (Wildman–Crippen MR) is 78.2 cm³/mol. The van der Waals surface area contributed by atoms with E-state index >= 15 is 0 Å². The average Bonchev–Trinajstić information content (AvgIpc) is 2.84. The molecule has 19 heavy (non-hydrogen) atoms. The van der Waals surface area contributed by atoms with Gasteiger partial charge in [-0.15, -0.1) is 12.4 Å². The molecule has 1 atom stereocenters. The first-order valence-electron chi connectivity index (χ1n) is 6.95. The first-order valence-corrected chi connectivity index (χ1v) is 6.95. The summed E-state index contributed by atoms with van der Waals surface area (Å²) >= 11 is 0. The number of nitrogens with zero attached hydrogens (tertiary/aromatic N) is 1. The number of nitrogens with one attached hydrogen (secondary N) is 1. The van der Waals surface area contributed by atoms with Crippen LogP contribution in [0.2, 0.25) is 0 Å². The van der Waals surface area contributed by atoms with Gasteiger partial charge in [0.05, 0.1) is 0 Å². The van der Waals surface area contributed by atoms with Crippen molar-refractivity contribution in [3.05, 3.63) is 0 Å². The molecule has 0 bridgehead atoms. The van der Waals surface area contributed by atoms with Crippen LogP contribution in [0.3, 0.4) is 0 Å². The molecular weight excluding hydrogens is 266 g/mol. The molecule has 0 spiro atoms. The van der Waals surface area contributed by atoms with Crippen molar-refractivity contribution in [1.29, 1.82) is 0 Å². The molecule has 1 fully saturated rings. The van der Waals surface area contributed by atoms with Gasteiger partial charge in [0.25, 0.3) is 0 Å². The van der Waals surface area contributed by atoms with Crippen molar-refractivity contribution in [3.8, 4) is 0 Å². The molecule has 5 nitrogen and oxygen atoms in total. The lowest BCUT2D eigenvalue weighted by Gasteiger charge is -2.23. The van der Waals surface area contributed by atoms with Gasteiger partial charge in [0.15, 0.2) is 0 Å². The van der Waals surface area contributed by atoms with Gasteiger partial charge in [0.1, 0.15) is 0 Å².